The van der Waals surface area contributed by atoms with Crippen molar-refractivity contribution in [2.45, 2.75) is 25.7 Å². The van der Waals surface area contributed by atoms with Crippen LogP contribution in [0.2, 0.25) is 0 Å². The second kappa shape index (κ2) is 8.59. The Kier molecular flexibility index (Phi) is 6.22. The van der Waals surface area contributed by atoms with E-state index in [-0.39, 0.29) is 11.7 Å². The summed E-state index contributed by atoms with van der Waals surface area (Å²) in [5.74, 6) is 2.76. The van der Waals surface area contributed by atoms with E-state index in [4.69, 9.17) is 0 Å². The van der Waals surface area contributed by atoms with E-state index in [1.165, 1.54) is 26.9 Å². The highest BCUT2D eigenvalue weighted by Gasteiger charge is 2.24. The molecule has 1 atom stereocenters. The number of hydrogen-bond acceptors (Lipinski definition) is 3. The summed E-state index contributed by atoms with van der Waals surface area (Å²) in [5.41, 5.74) is 3.49. The van der Waals surface area contributed by atoms with Crippen LogP contribution in [0.15, 0.2) is 70.5 Å². The fourth-order valence-corrected chi connectivity index (χ4v) is 5.90. The number of carbonyl (C=O) groups is 1. The van der Waals surface area contributed by atoms with Gasteiger partial charge in [-0.2, -0.15) is 0 Å². The molecule has 124 valence electrons. The number of thioether (sulfide) groups is 2. The Morgan fingerprint density at radius 2 is 1.54 bits per heavy atom. The number of allylic oxidation sites excluding steroid dienone is 1. The number of hydrogen-bond donors (Lipinski definition) is 0. The van der Waals surface area contributed by atoms with Crippen molar-refractivity contribution in [3.05, 3.63) is 81.6 Å². The average Bonchev–Trinajstić information content (AvgIpc) is 3.17. The van der Waals surface area contributed by atoms with Crippen LogP contribution < -0.4 is 0 Å². The standard InChI is InChI=1S/C21H22OS2/c1-2-18(21-23-13-14-24-21)19(16-9-5-3-6-10-16)15-20(22)17-11-7-4-8-12-17/h3-12,19H,2,13-15H2,1H3. The van der Waals surface area contributed by atoms with Gasteiger partial charge in [-0.15, -0.1) is 23.5 Å². The van der Waals surface area contributed by atoms with Crippen LogP contribution in [0.1, 0.15) is 41.6 Å². The summed E-state index contributed by atoms with van der Waals surface area (Å²) in [4.78, 5) is 12.8. The van der Waals surface area contributed by atoms with Crippen molar-refractivity contribution in [2.24, 2.45) is 0 Å². The highest BCUT2D eigenvalue weighted by atomic mass is 32.2. The first-order chi connectivity index (χ1) is 11.8. The van der Waals surface area contributed by atoms with Crippen LogP contribution in [0, 0.1) is 0 Å². The van der Waals surface area contributed by atoms with E-state index < -0.39 is 0 Å². The van der Waals surface area contributed by atoms with Gasteiger partial charge in [-0.05, 0) is 17.6 Å². The molecule has 0 N–H and O–H groups in total. The molecular weight excluding hydrogens is 332 g/mol. The molecule has 1 saturated heterocycles. The van der Waals surface area contributed by atoms with E-state index >= 15 is 0 Å². The maximum atomic E-state index is 12.8. The Balaban J connectivity index is 1.94. The van der Waals surface area contributed by atoms with Gasteiger partial charge >= 0.3 is 0 Å². The maximum absolute atomic E-state index is 12.8. The van der Waals surface area contributed by atoms with Crippen LogP contribution in [0.4, 0.5) is 0 Å². The zero-order valence-corrected chi connectivity index (χ0v) is 15.5. The molecule has 0 aromatic heterocycles. The first-order valence-corrected chi connectivity index (χ1v) is 10.4. The van der Waals surface area contributed by atoms with Crippen molar-refractivity contribution in [1.29, 1.82) is 0 Å². The van der Waals surface area contributed by atoms with Gasteiger partial charge in [0.1, 0.15) is 0 Å². The van der Waals surface area contributed by atoms with Gasteiger partial charge in [-0.25, -0.2) is 0 Å². The number of carbonyl (C=O) groups excluding carboxylic acids is 1. The van der Waals surface area contributed by atoms with Gasteiger partial charge in [0.05, 0.1) is 0 Å². The lowest BCUT2D eigenvalue weighted by Gasteiger charge is -2.21. The van der Waals surface area contributed by atoms with Gasteiger partial charge in [0.25, 0.3) is 0 Å². The molecule has 0 saturated carbocycles. The maximum Gasteiger partial charge on any atom is 0.163 e. The van der Waals surface area contributed by atoms with E-state index in [1.54, 1.807) is 0 Å². The van der Waals surface area contributed by atoms with Crippen LogP contribution in [-0.2, 0) is 0 Å². The summed E-state index contributed by atoms with van der Waals surface area (Å²) in [7, 11) is 0. The van der Waals surface area contributed by atoms with Crippen LogP contribution in [0.5, 0.6) is 0 Å². The summed E-state index contributed by atoms with van der Waals surface area (Å²) in [6.45, 7) is 2.21. The Morgan fingerprint density at radius 1 is 0.958 bits per heavy atom. The molecule has 0 spiro atoms. The van der Waals surface area contributed by atoms with Gasteiger partial charge in [0.15, 0.2) is 5.78 Å². The Bertz CT molecular complexity index is 699. The molecule has 0 aliphatic carbocycles. The van der Waals surface area contributed by atoms with Crippen molar-refractivity contribution in [3.8, 4) is 0 Å². The van der Waals surface area contributed by atoms with E-state index in [2.05, 4.69) is 31.2 Å². The largest absolute Gasteiger partial charge is 0.294 e. The third kappa shape index (κ3) is 4.14. The fourth-order valence-electron chi connectivity index (χ4n) is 3.08. The Labute approximate surface area is 152 Å². The lowest BCUT2D eigenvalue weighted by Crippen LogP contribution is -2.11. The molecule has 1 unspecified atom stereocenters. The molecule has 1 fully saturated rings. The third-order valence-electron chi connectivity index (χ3n) is 4.30. The molecule has 1 heterocycles. The second-order valence-corrected chi connectivity index (χ2v) is 8.29. The summed E-state index contributed by atoms with van der Waals surface area (Å²) in [6, 6.07) is 20.2. The smallest absolute Gasteiger partial charge is 0.163 e. The number of rotatable bonds is 6. The van der Waals surface area contributed by atoms with Gasteiger partial charge in [-0.3, -0.25) is 4.79 Å². The molecule has 0 bridgehead atoms. The van der Waals surface area contributed by atoms with Gasteiger partial charge in [0, 0.05) is 33.6 Å². The van der Waals surface area contributed by atoms with Crippen LogP contribution in [0.25, 0.3) is 0 Å². The molecule has 1 aliphatic heterocycles. The van der Waals surface area contributed by atoms with Gasteiger partial charge in [-0.1, -0.05) is 67.6 Å². The highest BCUT2D eigenvalue weighted by Crippen LogP contribution is 2.45. The third-order valence-corrected chi connectivity index (χ3v) is 7.13. The predicted molar refractivity (Wildman–Crippen MR) is 107 cm³/mol. The summed E-state index contributed by atoms with van der Waals surface area (Å²) >= 11 is 3.90. The molecule has 2 aromatic carbocycles. The van der Waals surface area contributed by atoms with Crippen molar-refractivity contribution in [3.63, 3.8) is 0 Å². The van der Waals surface area contributed by atoms with Gasteiger partial charge < -0.3 is 0 Å². The van der Waals surface area contributed by atoms with Crippen LogP contribution in [-0.4, -0.2) is 17.3 Å². The van der Waals surface area contributed by atoms with E-state index in [0.29, 0.717) is 6.42 Å². The van der Waals surface area contributed by atoms with Crippen LogP contribution in [0.3, 0.4) is 0 Å². The minimum absolute atomic E-state index is 0.178. The molecule has 2 aromatic rings. The molecule has 1 aliphatic rings. The second-order valence-electron chi connectivity index (χ2n) is 5.82. The Morgan fingerprint density at radius 3 is 2.12 bits per heavy atom. The topological polar surface area (TPSA) is 17.1 Å². The molecule has 24 heavy (non-hydrogen) atoms. The monoisotopic (exact) mass is 354 g/mol. The molecule has 3 rings (SSSR count). The van der Waals surface area contributed by atoms with Crippen molar-refractivity contribution >= 4 is 29.3 Å². The molecule has 0 amide bonds. The van der Waals surface area contributed by atoms with Crippen molar-refractivity contribution < 1.29 is 4.79 Å². The quantitative estimate of drug-likeness (QED) is 0.580. The SMILES string of the molecule is CCC(=C1SCCS1)C(CC(=O)c1ccccc1)c1ccccc1. The first-order valence-electron chi connectivity index (χ1n) is 8.41. The summed E-state index contributed by atoms with van der Waals surface area (Å²) < 4.78 is 1.44. The van der Waals surface area contributed by atoms with E-state index in [9.17, 15) is 4.79 Å². The lowest BCUT2D eigenvalue weighted by molar-refractivity contribution is 0.0977. The van der Waals surface area contributed by atoms with E-state index in [0.717, 1.165) is 12.0 Å². The average molecular weight is 355 g/mol. The highest BCUT2D eigenvalue weighted by molar-refractivity contribution is 8.25. The molecule has 0 radical (unpaired) electrons. The Hall–Kier alpha value is -1.45. The van der Waals surface area contributed by atoms with Crippen molar-refractivity contribution in [1.82, 2.24) is 0 Å². The molecule has 1 nitrogen and oxygen atoms in total. The fraction of sp³-hybridized carbons (Fsp3) is 0.286. The van der Waals surface area contributed by atoms with Gasteiger partial charge in [0.2, 0.25) is 0 Å². The molecule has 3 heteroatoms. The van der Waals surface area contributed by atoms with Crippen LogP contribution >= 0.6 is 23.5 Å². The number of Topliss-reactive ketones (excluding diaryl/α,β-unsaturated/α-hetero) is 1. The number of benzene rings is 2. The normalized spacial score (nSPS) is 15.3. The lowest BCUT2D eigenvalue weighted by atomic mass is 9.85. The first kappa shape index (κ1) is 17.4. The van der Waals surface area contributed by atoms with E-state index in [1.807, 2.05) is 59.9 Å². The number of ketones is 1. The minimum atomic E-state index is 0.178. The summed E-state index contributed by atoms with van der Waals surface area (Å²) in [5, 5.41) is 0. The zero-order valence-electron chi connectivity index (χ0n) is 13.9. The minimum Gasteiger partial charge on any atom is -0.294 e. The zero-order chi connectivity index (χ0) is 16.8. The predicted octanol–water partition coefficient (Wildman–Crippen LogP) is 6.14. The summed E-state index contributed by atoms with van der Waals surface area (Å²) in [6.07, 6.45) is 1.54. The van der Waals surface area contributed by atoms with Crippen molar-refractivity contribution in [2.75, 3.05) is 11.5 Å². The molecular formula is C21H22OS2.